The van der Waals surface area contributed by atoms with E-state index >= 15 is 0 Å². The largest absolute Gasteiger partial charge is 1.00 e. The van der Waals surface area contributed by atoms with Gasteiger partial charge in [-0.15, -0.1) is 5.11 Å². The molecule has 1 amide bonds. The van der Waals surface area contributed by atoms with Crippen LogP contribution in [0.5, 0.6) is 5.75 Å². The van der Waals surface area contributed by atoms with Crippen molar-refractivity contribution < 1.29 is 153 Å². The minimum absolute atomic E-state index is 0. The maximum atomic E-state index is 13.1. The van der Waals surface area contributed by atoms with Crippen molar-refractivity contribution in [1.29, 1.82) is 0 Å². The molecule has 22 nitrogen and oxygen atoms in total. The smallest absolute Gasteiger partial charge is 0.726 e. The summed E-state index contributed by atoms with van der Waals surface area (Å²) in [5, 5.41) is 56.0. The zero-order chi connectivity index (χ0) is 41.0. The van der Waals surface area contributed by atoms with Gasteiger partial charge in [0.25, 0.3) is 5.91 Å². The van der Waals surface area contributed by atoms with Crippen LogP contribution in [0.25, 0.3) is 10.8 Å². The van der Waals surface area contributed by atoms with Crippen LogP contribution in [0.15, 0.2) is 92.8 Å². The van der Waals surface area contributed by atoms with Gasteiger partial charge < -0.3 is 36.1 Å². The Hall–Kier alpha value is -1.81. The predicted molar refractivity (Wildman–Crippen MR) is 198 cm³/mol. The summed E-state index contributed by atoms with van der Waals surface area (Å²) in [6, 6.07) is 17.2. The summed E-state index contributed by atoms with van der Waals surface area (Å²) in [6.45, 7) is -0.601. The van der Waals surface area contributed by atoms with E-state index in [2.05, 4.69) is 64.1 Å². The van der Waals surface area contributed by atoms with Gasteiger partial charge in [-0.1, -0.05) is 12.1 Å². The van der Waals surface area contributed by atoms with Gasteiger partial charge in [0, 0.05) is 46.7 Å². The van der Waals surface area contributed by atoms with Gasteiger partial charge in [-0.05, 0) is 77.7 Å². The van der Waals surface area contributed by atoms with Gasteiger partial charge in [-0.2, -0.15) is 28.7 Å². The van der Waals surface area contributed by atoms with Crippen LogP contribution in [0.1, 0.15) is 10.4 Å². The maximum Gasteiger partial charge on any atom is 1.00 e. The summed E-state index contributed by atoms with van der Waals surface area (Å²) < 4.78 is 69.8. The van der Waals surface area contributed by atoms with Crippen LogP contribution in [-0.4, -0.2) is 72.0 Å². The van der Waals surface area contributed by atoms with Crippen LogP contribution in [-0.2, 0) is 43.2 Å². The van der Waals surface area contributed by atoms with E-state index in [1.54, 1.807) is 18.2 Å². The second-order valence-corrected chi connectivity index (χ2v) is 15.8. The van der Waals surface area contributed by atoms with E-state index in [1.165, 1.54) is 48.5 Å². The number of phenols is 1. The van der Waals surface area contributed by atoms with E-state index in [4.69, 9.17) is 11.6 Å². The zero-order valence-corrected chi connectivity index (χ0v) is 41.3. The topological polar surface area (TPSA) is 320 Å². The van der Waals surface area contributed by atoms with Crippen LogP contribution in [0.4, 0.5) is 34.6 Å². The van der Waals surface area contributed by atoms with Crippen molar-refractivity contribution in [2.24, 2.45) is 10.2 Å². The number of halogens is 1. The van der Waals surface area contributed by atoms with Gasteiger partial charge >= 0.3 is 88.7 Å². The van der Waals surface area contributed by atoms with Gasteiger partial charge in [0.15, 0.2) is 15.6 Å². The number of nitrogens with one attached hydrogen (secondary N) is 3. The molecule has 302 valence electrons. The maximum absolute atomic E-state index is 13.1. The van der Waals surface area contributed by atoms with Crippen LogP contribution < -0.4 is 115 Å². The Kier molecular flexibility index (Phi) is 23.6. The summed E-state index contributed by atoms with van der Waals surface area (Å²) in [7, 11) is -9.17. The summed E-state index contributed by atoms with van der Waals surface area (Å²) in [4.78, 5) is 25.2. The van der Waals surface area contributed by atoms with E-state index in [1.807, 2.05) is 0 Å². The van der Waals surface area contributed by atoms with Crippen molar-refractivity contribution in [2.45, 2.75) is 9.79 Å². The molecule has 0 aliphatic carbocycles. The van der Waals surface area contributed by atoms with E-state index in [-0.39, 0.29) is 151 Å². The fraction of sp³-hybridized carbons (Fsp3) is 0.133. The Morgan fingerprint density at radius 2 is 1.60 bits per heavy atom. The van der Waals surface area contributed by atoms with Crippen molar-refractivity contribution in [3.05, 3.63) is 83.6 Å². The average molecular weight is 953 g/mol. The monoisotopic (exact) mass is 952 g/mol. The van der Waals surface area contributed by atoms with Gasteiger partial charge in [-0.25, -0.2) is 16.8 Å². The third-order valence-corrected chi connectivity index (χ3v) is 10.5. The number of nitrogens with zero attached hydrogens (tertiary/aromatic N) is 5. The molecule has 0 saturated carbocycles. The van der Waals surface area contributed by atoms with E-state index in [0.29, 0.717) is 34.3 Å². The van der Waals surface area contributed by atoms with Crippen LogP contribution in [0.3, 0.4) is 0 Å². The van der Waals surface area contributed by atoms with E-state index in [9.17, 15) is 41.8 Å². The summed E-state index contributed by atoms with van der Waals surface area (Å²) in [5.74, 6) is -1.33. The quantitative estimate of drug-likeness (QED) is 0.00827. The number of aromatic hydroxyl groups is 1. The number of hydrogen-bond acceptors (Lipinski definition) is 23. The molecule has 60 heavy (non-hydrogen) atoms. The standard InChI is InChI=1S/C30H27ClN8O14S4.3Na/c31-28-35-29(32-9-11-54-52-50-42)37-30(36-28)34-20-7-8-23-18(14-20)15-24(55-53-51-43)25(26(23)40)39-38-21-5-1-3-17(13-21)27(41)33-19-4-2-6-22(16-19)56(44,45)12-10-49-57(46,47)48;;;/h1-8,13-16,40,42-43H,9-12H2,(H,33,41)(H,46,47,48)(H2,32,34,35,36,37);;;/q;3*+1/p-3. The number of carbonyl (C=O) groups is 1. The zero-order valence-electron chi connectivity index (χ0n) is 31.3. The number of rotatable bonds is 20. The summed E-state index contributed by atoms with van der Waals surface area (Å²) in [6.07, 6.45) is 0. The first-order chi connectivity index (χ1) is 27.2. The molecule has 0 aliphatic heterocycles. The van der Waals surface area contributed by atoms with Crippen LogP contribution >= 0.6 is 35.7 Å². The van der Waals surface area contributed by atoms with Crippen molar-refractivity contribution in [1.82, 2.24) is 15.0 Å². The molecule has 5 aromatic rings. The molecule has 0 bridgehead atoms. The third-order valence-electron chi connectivity index (χ3n) is 7.02. The van der Waals surface area contributed by atoms with Crippen LogP contribution in [0, 0.1) is 0 Å². The molecule has 1 heterocycles. The minimum atomic E-state index is -5.08. The molecule has 4 N–H and O–H groups in total. The molecule has 0 fully saturated rings. The van der Waals surface area contributed by atoms with Gasteiger partial charge in [0.1, 0.15) is 5.69 Å². The molecule has 0 atom stereocenters. The van der Waals surface area contributed by atoms with Crippen molar-refractivity contribution in [2.75, 3.05) is 40.6 Å². The number of carbonyl (C=O) groups excluding carboxylic acids is 1. The summed E-state index contributed by atoms with van der Waals surface area (Å²) in [5.41, 5.74) is 0.635. The van der Waals surface area contributed by atoms with E-state index in [0.717, 1.165) is 18.1 Å². The van der Waals surface area contributed by atoms with E-state index < -0.39 is 38.5 Å². The Bertz CT molecular complexity index is 2500. The van der Waals surface area contributed by atoms with Gasteiger partial charge in [0.2, 0.25) is 27.6 Å². The van der Waals surface area contributed by atoms with Crippen molar-refractivity contribution in [3.8, 4) is 5.75 Å². The molecule has 0 spiro atoms. The summed E-state index contributed by atoms with van der Waals surface area (Å²) >= 11 is 7.25. The number of azo groups is 1. The Labute approximate surface area is 420 Å². The number of amides is 1. The Morgan fingerprint density at radius 3 is 2.33 bits per heavy atom. The second-order valence-electron chi connectivity index (χ2n) is 10.8. The average Bonchev–Trinajstić information content (AvgIpc) is 3.16. The number of fused-ring (bicyclic) bond motifs is 1. The second kappa shape index (κ2) is 26.1. The molecular formula is C30H24ClN8Na3O14S4. The molecule has 0 radical (unpaired) electrons. The minimum Gasteiger partial charge on any atom is -0.726 e. The van der Waals surface area contributed by atoms with Gasteiger partial charge in [0.05, 0.1) is 39.9 Å². The molecule has 0 saturated heterocycles. The molecule has 4 aromatic carbocycles. The van der Waals surface area contributed by atoms with Crippen LogP contribution in [0.2, 0.25) is 5.28 Å². The number of sulfone groups is 1. The first-order valence-electron chi connectivity index (χ1n) is 15.4. The predicted octanol–water partition coefficient (Wildman–Crippen LogP) is -5.43. The first-order valence-corrected chi connectivity index (χ1v) is 20.5. The number of anilines is 4. The molecular weight excluding hydrogens is 929 g/mol. The fourth-order valence-electron chi connectivity index (χ4n) is 4.66. The number of hydrogen-bond donors (Lipinski definition) is 4. The van der Waals surface area contributed by atoms with Crippen molar-refractivity contribution >= 4 is 107 Å². The Morgan fingerprint density at radius 1 is 0.867 bits per heavy atom. The third kappa shape index (κ3) is 16.7. The number of aromatic nitrogens is 3. The molecule has 5 rings (SSSR count). The molecule has 1 aromatic heterocycles. The molecule has 0 unspecified atom stereocenters. The fourth-order valence-corrected chi connectivity index (χ4v) is 7.13. The van der Waals surface area contributed by atoms with Gasteiger partial charge in [-0.3, -0.25) is 19.1 Å². The number of benzene rings is 4. The SMILES string of the molecule is O=C(Nc1cccc(S(=O)(=O)CCOS(=O)(=O)[O-])c1)c1cccc(N=Nc2c(SOO[O-])cc3cc(Nc4nc(Cl)nc(NCCSOO[O-])n4)ccc3c2O)c1.[Na+].[Na+].[Na+]. The number of phenolic OH excluding ortho intramolecular Hbond substituents is 1. The molecule has 0 aliphatic rings. The molecule has 30 heteroatoms. The first kappa shape index (κ1) is 54.3. The van der Waals surface area contributed by atoms with Crippen molar-refractivity contribution in [3.63, 3.8) is 0 Å². The normalized spacial score (nSPS) is 11.3. The Balaban J connectivity index is 0.00000413.